The highest BCUT2D eigenvalue weighted by molar-refractivity contribution is 14.1. The Bertz CT molecular complexity index is 388. The van der Waals surface area contributed by atoms with E-state index in [4.69, 9.17) is 0 Å². The van der Waals surface area contributed by atoms with Gasteiger partial charge >= 0.3 is 5.97 Å². The van der Waals surface area contributed by atoms with Gasteiger partial charge in [0.05, 0.1) is 6.61 Å². The van der Waals surface area contributed by atoms with E-state index in [1.165, 1.54) is 0 Å². The van der Waals surface area contributed by atoms with Gasteiger partial charge in [-0.2, -0.15) is 0 Å². The topological polar surface area (TPSA) is 26.3 Å². The third-order valence-electron chi connectivity index (χ3n) is 1.41. The van der Waals surface area contributed by atoms with E-state index in [0.717, 1.165) is 9.13 Å². The van der Waals surface area contributed by atoms with Crippen LogP contribution >= 0.6 is 22.6 Å². The fourth-order valence-corrected chi connectivity index (χ4v) is 1.40. The van der Waals surface area contributed by atoms with E-state index in [9.17, 15) is 4.79 Å². The number of benzene rings is 1. The van der Waals surface area contributed by atoms with Crippen molar-refractivity contribution in [1.82, 2.24) is 0 Å². The Balaban J connectivity index is 2.72. The largest absolute Gasteiger partial charge is 0.456 e. The Morgan fingerprint density at radius 1 is 1.57 bits per heavy atom. The molecule has 0 aliphatic rings. The number of halogens is 1. The summed E-state index contributed by atoms with van der Waals surface area (Å²) in [5.74, 6) is 4.67. The Kier molecular flexibility index (Phi) is 4.47. The molecule has 72 valence electrons. The fraction of sp³-hybridized carbons (Fsp3) is 0.182. The fourth-order valence-electron chi connectivity index (χ4n) is 0.857. The maximum Gasteiger partial charge on any atom is 0.384 e. The van der Waals surface area contributed by atoms with Gasteiger partial charge in [0, 0.05) is 15.1 Å². The number of esters is 1. The van der Waals surface area contributed by atoms with Crippen molar-refractivity contribution in [1.29, 1.82) is 0 Å². The molecule has 2 nitrogen and oxygen atoms in total. The zero-order valence-electron chi connectivity index (χ0n) is 7.71. The minimum absolute atomic E-state index is 0.361. The molecule has 1 aromatic rings. The molecule has 0 saturated heterocycles. The molecule has 0 radical (unpaired) electrons. The molecule has 14 heavy (non-hydrogen) atoms. The maximum absolute atomic E-state index is 10.9. The quantitative estimate of drug-likeness (QED) is 0.451. The molecule has 0 amide bonds. The van der Waals surface area contributed by atoms with E-state index in [-0.39, 0.29) is 0 Å². The van der Waals surface area contributed by atoms with E-state index >= 15 is 0 Å². The van der Waals surface area contributed by atoms with Crippen LogP contribution in [0.3, 0.4) is 0 Å². The van der Waals surface area contributed by atoms with Crippen molar-refractivity contribution in [3.05, 3.63) is 33.4 Å². The van der Waals surface area contributed by atoms with Crippen LogP contribution in [0, 0.1) is 15.4 Å². The lowest BCUT2D eigenvalue weighted by Crippen LogP contribution is -1.99. The van der Waals surface area contributed by atoms with Crippen molar-refractivity contribution in [3.8, 4) is 11.8 Å². The van der Waals surface area contributed by atoms with Crippen molar-refractivity contribution in [2.45, 2.75) is 6.92 Å². The van der Waals surface area contributed by atoms with Crippen LogP contribution < -0.4 is 0 Å². The Labute approximate surface area is 96.8 Å². The van der Waals surface area contributed by atoms with Gasteiger partial charge in [0.1, 0.15) is 0 Å². The summed E-state index contributed by atoms with van der Waals surface area (Å²) >= 11 is 2.20. The molecule has 0 heterocycles. The Hall–Kier alpha value is -1.02. The summed E-state index contributed by atoms with van der Waals surface area (Å²) < 4.78 is 5.78. The third-order valence-corrected chi connectivity index (χ3v) is 2.08. The van der Waals surface area contributed by atoms with E-state index in [1.807, 2.05) is 24.3 Å². The highest BCUT2D eigenvalue weighted by atomic mass is 127. The SMILES string of the molecule is CCOC(=O)C#Cc1cccc(I)c1. The van der Waals surface area contributed by atoms with Gasteiger partial charge in [0.25, 0.3) is 0 Å². The third kappa shape index (κ3) is 3.79. The van der Waals surface area contributed by atoms with Crippen molar-refractivity contribution in [2.75, 3.05) is 6.61 Å². The predicted molar refractivity (Wildman–Crippen MR) is 62.7 cm³/mol. The van der Waals surface area contributed by atoms with Gasteiger partial charge < -0.3 is 4.74 Å². The summed E-state index contributed by atoms with van der Waals surface area (Å²) in [6, 6.07) is 7.63. The number of carbonyl (C=O) groups is 1. The molecule has 0 N–H and O–H groups in total. The average Bonchev–Trinajstić information content (AvgIpc) is 2.15. The molecule has 0 aliphatic carbocycles. The van der Waals surface area contributed by atoms with E-state index in [2.05, 4.69) is 39.2 Å². The van der Waals surface area contributed by atoms with Gasteiger partial charge in [-0.1, -0.05) is 12.0 Å². The first-order valence-electron chi connectivity index (χ1n) is 4.16. The second kappa shape index (κ2) is 5.66. The van der Waals surface area contributed by atoms with Crippen LogP contribution in [0.25, 0.3) is 0 Å². The van der Waals surface area contributed by atoms with Crippen LogP contribution in [0.2, 0.25) is 0 Å². The molecule has 0 spiro atoms. The predicted octanol–water partition coefficient (Wildman–Crippen LogP) is 2.21. The lowest BCUT2D eigenvalue weighted by atomic mass is 10.2. The van der Waals surface area contributed by atoms with Crippen LogP contribution in [-0.2, 0) is 9.53 Å². The molecule has 1 rings (SSSR count). The van der Waals surface area contributed by atoms with Gasteiger partial charge in [-0.25, -0.2) is 4.79 Å². The number of rotatable bonds is 1. The van der Waals surface area contributed by atoms with Crippen LogP contribution in [0.5, 0.6) is 0 Å². The van der Waals surface area contributed by atoms with Gasteiger partial charge in [0.2, 0.25) is 0 Å². The molecule has 0 aliphatic heterocycles. The first kappa shape index (κ1) is 11.1. The van der Waals surface area contributed by atoms with Gasteiger partial charge in [-0.05, 0) is 47.7 Å². The molecule has 3 heteroatoms. The number of hydrogen-bond donors (Lipinski definition) is 0. The minimum Gasteiger partial charge on any atom is -0.456 e. The van der Waals surface area contributed by atoms with Crippen LogP contribution in [0.4, 0.5) is 0 Å². The highest BCUT2D eigenvalue weighted by Gasteiger charge is 1.93. The lowest BCUT2D eigenvalue weighted by molar-refractivity contribution is -0.136. The Morgan fingerprint density at radius 2 is 2.36 bits per heavy atom. The second-order valence-electron chi connectivity index (χ2n) is 2.48. The van der Waals surface area contributed by atoms with Crippen molar-refractivity contribution in [3.63, 3.8) is 0 Å². The van der Waals surface area contributed by atoms with Crippen molar-refractivity contribution < 1.29 is 9.53 Å². The molecule has 0 aromatic heterocycles. The van der Waals surface area contributed by atoms with Crippen molar-refractivity contribution in [2.24, 2.45) is 0 Å². The van der Waals surface area contributed by atoms with Gasteiger partial charge in [-0.3, -0.25) is 0 Å². The molecule has 0 atom stereocenters. The molecule has 0 unspecified atom stereocenters. The summed E-state index contributed by atoms with van der Waals surface area (Å²) in [5.41, 5.74) is 0.824. The first-order valence-corrected chi connectivity index (χ1v) is 5.24. The number of hydrogen-bond acceptors (Lipinski definition) is 2. The smallest absolute Gasteiger partial charge is 0.384 e. The lowest BCUT2D eigenvalue weighted by Gasteiger charge is -1.92. The number of ether oxygens (including phenoxy) is 1. The standard InChI is InChI=1S/C11H9IO2/c1-2-14-11(13)7-6-9-4-3-5-10(12)8-9/h3-5,8H,2H2,1H3. The molecule has 0 fully saturated rings. The average molecular weight is 300 g/mol. The summed E-state index contributed by atoms with van der Waals surface area (Å²) in [6.45, 7) is 2.12. The van der Waals surface area contributed by atoms with Crippen LogP contribution in [0.1, 0.15) is 12.5 Å². The highest BCUT2D eigenvalue weighted by Crippen LogP contribution is 2.06. The minimum atomic E-state index is -0.480. The molecule has 0 bridgehead atoms. The Morgan fingerprint density at radius 3 is 3.00 bits per heavy atom. The van der Waals surface area contributed by atoms with Crippen LogP contribution in [0.15, 0.2) is 24.3 Å². The summed E-state index contributed by atoms with van der Waals surface area (Å²) in [6.07, 6.45) is 0. The summed E-state index contributed by atoms with van der Waals surface area (Å²) in [4.78, 5) is 10.9. The maximum atomic E-state index is 10.9. The number of carbonyl (C=O) groups excluding carboxylic acids is 1. The molecular weight excluding hydrogens is 291 g/mol. The zero-order valence-corrected chi connectivity index (χ0v) is 9.87. The van der Waals surface area contributed by atoms with Gasteiger partial charge in [0.15, 0.2) is 0 Å². The first-order chi connectivity index (χ1) is 6.72. The van der Waals surface area contributed by atoms with Crippen LogP contribution in [-0.4, -0.2) is 12.6 Å². The summed E-state index contributed by atoms with van der Waals surface area (Å²) in [7, 11) is 0. The summed E-state index contributed by atoms with van der Waals surface area (Å²) in [5, 5.41) is 0. The molecular formula is C11H9IO2. The van der Waals surface area contributed by atoms with Gasteiger partial charge in [-0.15, -0.1) is 0 Å². The normalized spacial score (nSPS) is 8.71. The monoisotopic (exact) mass is 300 g/mol. The molecule has 0 saturated carbocycles. The van der Waals surface area contributed by atoms with E-state index in [1.54, 1.807) is 6.92 Å². The van der Waals surface area contributed by atoms with E-state index in [0.29, 0.717) is 6.61 Å². The zero-order chi connectivity index (χ0) is 10.4. The van der Waals surface area contributed by atoms with Crippen molar-refractivity contribution >= 4 is 28.6 Å². The van der Waals surface area contributed by atoms with E-state index < -0.39 is 5.97 Å². The molecule has 1 aromatic carbocycles. The second-order valence-corrected chi connectivity index (χ2v) is 3.73.